The van der Waals surface area contributed by atoms with E-state index in [0.717, 1.165) is 17.3 Å². The molecule has 1 spiro atoms. The van der Waals surface area contributed by atoms with Gasteiger partial charge in [-0.05, 0) is 54.3 Å². The van der Waals surface area contributed by atoms with Crippen molar-refractivity contribution in [2.75, 3.05) is 25.0 Å². The van der Waals surface area contributed by atoms with Gasteiger partial charge in [-0.3, -0.25) is 9.59 Å². The molecule has 5 nitrogen and oxygen atoms in total. The molecule has 0 aromatic heterocycles. The molecule has 0 unspecified atom stereocenters. The summed E-state index contributed by atoms with van der Waals surface area (Å²) in [5, 5.41) is 3.36. The van der Waals surface area contributed by atoms with Crippen molar-refractivity contribution in [3.63, 3.8) is 0 Å². The van der Waals surface area contributed by atoms with Gasteiger partial charge in [0.1, 0.15) is 0 Å². The Morgan fingerprint density at radius 1 is 1.10 bits per heavy atom. The third-order valence-electron chi connectivity index (χ3n) is 6.20. The van der Waals surface area contributed by atoms with Crippen LogP contribution in [0.15, 0.2) is 48.5 Å². The van der Waals surface area contributed by atoms with Gasteiger partial charge in [-0.1, -0.05) is 18.2 Å². The highest BCUT2D eigenvalue weighted by Gasteiger charge is 2.42. The summed E-state index contributed by atoms with van der Waals surface area (Å²) >= 11 is 0. The van der Waals surface area contributed by atoms with Gasteiger partial charge in [0.25, 0.3) is 0 Å². The van der Waals surface area contributed by atoms with Gasteiger partial charge in [-0.2, -0.15) is 13.2 Å². The summed E-state index contributed by atoms with van der Waals surface area (Å²) in [7, 11) is 0. The highest BCUT2D eigenvalue weighted by molar-refractivity contribution is 5.94. The van der Waals surface area contributed by atoms with E-state index < -0.39 is 17.6 Å². The van der Waals surface area contributed by atoms with Crippen LogP contribution in [0.2, 0.25) is 0 Å². The average Bonchev–Trinajstić information content (AvgIpc) is 3.09. The molecule has 2 aromatic carbocycles. The molecule has 162 valence electrons. The maximum atomic E-state index is 13.1. The number of carbonyl (C=O) groups excluding carboxylic acids is 2. The lowest BCUT2D eigenvalue weighted by Crippen LogP contribution is -2.45. The molecule has 0 bridgehead atoms. The number of benzene rings is 2. The average molecular weight is 429 g/mol. The zero-order valence-electron chi connectivity index (χ0n) is 16.7. The van der Waals surface area contributed by atoms with Crippen molar-refractivity contribution in [1.82, 2.24) is 4.90 Å². The Bertz CT molecular complexity index is 1050. The van der Waals surface area contributed by atoms with Crippen molar-refractivity contribution in [2.45, 2.75) is 24.4 Å². The lowest BCUT2D eigenvalue weighted by atomic mass is 9.74. The first kappa shape index (κ1) is 21.0. The summed E-state index contributed by atoms with van der Waals surface area (Å²) in [5.74, 6) is -0.800. The van der Waals surface area contributed by atoms with Crippen LogP contribution in [0.1, 0.15) is 39.9 Å². The van der Waals surface area contributed by atoms with Crippen molar-refractivity contribution in [1.29, 1.82) is 0 Å². The lowest BCUT2D eigenvalue weighted by molar-refractivity contribution is -0.137. The van der Waals surface area contributed by atoms with Crippen LogP contribution in [0.4, 0.5) is 18.9 Å². The van der Waals surface area contributed by atoms with Crippen molar-refractivity contribution in [3.8, 4) is 0 Å². The van der Waals surface area contributed by atoms with E-state index in [-0.39, 0.29) is 16.9 Å². The van der Waals surface area contributed by atoms with Gasteiger partial charge < -0.3 is 16.0 Å². The molecule has 1 saturated heterocycles. The molecule has 0 atom stereocenters. The van der Waals surface area contributed by atoms with Crippen LogP contribution in [0.5, 0.6) is 0 Å². The first-order valence-electron chi connectivity index (χ1n) is 10.0. The number of hydrogen-bond donors (Lipinski definition) is 2. The van der Waals surface area contributed by atoms with E-state index in [2.05, 4.69) is 5.32 Å². The number of carbonyl (C=O) groups is 2. The van der Waals surface area contributed by atoms with Crippen LogP contribution >= 0.6 is 0 Å². The predicted molar refractivity (Wildman–Crippen MR) is 111 cm³/mol. The molecule has 2 heterocycles. The molecular weight excluding hydrogens is 407 g/mol. The molecule has 3 N–H and O–H groups in total. The Morgan fingerprint density at radius 3 is 2.48 bits per heavy atom. The monoisotopic (exact) mass is 429 g/mol. The van der Waals surface area contributed by atoms with Crippen molar-refractivity contribution in [2.24, 2.45) is 5.73 Å². The number of fused-ring (bicyclic) bond motifs is 2. The van der Waals surface area contributed by atoms with Gasteiger partial charge in [-0.15, -0.1) is 0 Å². The van der Waals surface area contributed by atoms with Crippen LogP contribution in [0.25, 0.3) is 6.08 Å². The van der Waals surface area contributed by atoms with E-state index in [1.54, 1.807) is 11.0 Å². The molecule has 0 aliphatic carbocycles. The highest BCUT2D eigenvalue weighted by atomic mass is 19.4. The van der Waals surface area contributed by atoms with Gasteiger partial charge in [-0.25, -0.2) is 0 Å². The van der Waals surface area contributed by atoms with Crippen molar-refractivity contribution < 1.29 is 22.8 Å². The topological polar surface area (TPSA) is 75.4 Å². The number of nitrogens with two attached hydrogens (primary N) is 1. The SMILES string of the molecule is NC(=O)c1ccc2c(c1)C1(CCN(C(=O)C=Cc3ccccc3C(F)(F)F)CC1)CN2. The van der Waals surface area contributed by atoms with E-state index in [9.17, 15) is 22.8 Å². The number of primary amides is 1. The Balaban J connectivity index is 1.46. The number of likely N-dealkylation sites (tertiary alicyclic amines) is 1. The number of halogens is 3. The van der Waals surface area contributed by atoms with E-state index in [1.807, 2.05) is 12.1 Å². The minimum atomic E-state index is -4.48. The standard InChI is InChI=1S/C23H22F3N3O2/c24-23(25,26)17-4-2-1-3-15(17)6-8-20(30)29-11-9-22(10-12-29)14-28-19-7-5-16(21(27)31)13-18(19)22/h1-8,13,28H,9-12,14H2,(H2,27,31). The summed E-state index contributed by atoms with van der Waals surface area (Å²) in [6.45, 7) is 1.67. The van der Waals surface area contributed by atoms with E-state index >= 15 is 0 Å². The summed E-state index contributed by atoms with van der Waals surface area (Å²) in [6, 6.07) is 10.5. The molecule has 31 heavy (non-hydrogen) atoms. The summed E-state index contributed by atoms with van der Waals surface area (Å²) in [5.41, 5.74) is 6.87. The number of alkyl halides is 3. The Kier molecular flexibility index (Phi) is 5.24. The Hall–Kier alpha value is -3.29. The van der Waals surface area contributed by atoms with Crippen LogP contribution < -0.4 is 11.1 Å². The maximum absolute atomic E-state index is 13.1. The second kappa shape index (κ2) is 7.76. The Labute approximate surface area is 177 Å². The van der Waals surface area contributed by atoms with Gasteiger partial charge in [0.2, 0.25) is 11.8 Å². The minimum absolute atomic E-state index is 0.0373. The first-order chi connectivity index (χ1) is 14.7. The fourth-order valence-corrected chi connectivity index (χ4v) is 4.42. The van der Waals surface area contributed by atoms with Gasteiger partial charge >= 0.3 is 6.18 Å². The normalized spacial score (nSPS) is 17.6. The van der Waals surface area contributed by atoms with Crippen molar-refractivity contribution in [3.05, 3.63) is 70.8 Å². The zero-order chi connectivity index (χ0) is 22.2. The van der Waals surface area contributed by atoms with E-state index in [1.165, 1.54) is 30.4 Å². The fraction of sp³-hybridized carbons (Fsp3) is 0.304. The van der Waals surface area contributed by atoms with Crippen LogP contribution in [-0.4, -0.2) is 36.3 Å². The Morgan fingerprint density at radius 2 is 1.81 bits per heavy atom. The molecule has 0 saturated carbocycles. The number of hydrogen-bond acceptors (Lipinski definition) is 3. The van der Waals surface area contributed by atoms with Crippen molar-refractivity contribution >= 4 is 23.6 Å². The number of rotatable bonds is 3. The number of piperidine rings is 1. The first-order valence-corrected chi connectivity index (χ1v) is 10.0. The van der Waals surface area contributed by atoms with Crippen LogP contribution in [-0.2, 0) is 16.4 Å². The molecule has 2 aromatic rings. The third-order valence-corrected chi connectivity index (χ3v) is 6.20. The molecule has 0 radical (unpaired) electrons. The lowest BCUT2D eigenvalue weighted by Gasteiger charge is -2.39. The van der Waals surface area contributed by atoms with E-state index in [4.69, 9.17) is 5.73 Å². The van der Waals surface area contributed by atoms with Gasteiger partial charge in [0, 0.05) is 42.4 Å². The summed E-state index contributed by atoms with van der Waals surface area (Å²) in [6.07, 6.45) is -0.675. The minimum Gasteiger partial charge on any atom is -0.384 e. The maximum Gasteiger partial charge on any atom is 0.416 e. The largest absolute Gasteiger partial charge is 0.416 e. The number of anilines is 1. The molecule has 4 rings (SSSR count). The predicted octanol–water partition coefficient (Wildman–Crippen LogP) is 3.80. The summed E-state index contributed by atoms with van der Waals surface area (Å²) < 4.78 is 39.4. The molecule has 2 aliphatic rings. The third kappa shape index (κ3) is 4.02. The second-order valence-electron chi connectivity index (χ2n) is 8.00. The number of nitrogens with one attached hydrogen (secondary N) is 1. The molecular formula is C23H22F3N3O2. The summed E-state index contributed by atoms with van der Waals surface area (Å²) in [4.78, 5) is 25.8. The van der Waals surface area contributed by atoms with Crippen LogP contribution in [0.3, 0.4) is 0 Å². The number of amides is 2. The number of nitrogens with zero attached hydrogens (tertiary/aromatic N) is 1. The smallest absolute Gasteiger partial charge is 0.384 e. The van der Waals surface area contributed by atoms with E-state index in [0.29, 0.717) is 38.0 Å². The fourth-order valence-electron chi connectivity index (χ4n) is 4.42. The highest BCUT2D eigenvalue weighted by Crippen LogP contribution is 2.44. The molecule has 8 heteroatoms. The molecule has 2 aliphatic heterocycles. The zero-order valence-corrected chi connectivity index (χ0v) is 16.7. The van der Waals surface area contributed by atoms with Gasteiger partial charge in [0.15, 0.2) is 0 Å². The van der Waals surface area contributed by atoms with Crippen LogP contribution in [0, 0.1) is 0 Å². The molecule has 2 amide bonds. The van der Waals surface area contributed by atoms with Gasteiger partial charge in [0.05, 0.1) is 5.56 Å². The molecule has 1 fully saturated rings. The quantitative estimate of drug-likeness (QED) is 0.729. The second-order valence-corrected chi connectivity index (χ2v) is 8.00.